The summed E-state index contributed by atoms with van der Waals surface area (Å²) in [4.78, 5) is 38.2. The lowest BCUT2D eigenvalue weighted by Crippen LogP contribution is -2.30. The zero-order chi connectivity index (χ0) is 52.9. The van der Waals surface area contributed by atoms with Crippen molar-refractivity contribution >= 4 is 17.9 Å². The molecule has 0 saturated heterocycles. The molecule has 0 aromatic rings. The molecule has 0 bridgehead atoms. The minimum Gasteiger partial charge on any atom is -0.462 e. The highest BCUT2D eigenvalue weighted by atomic mass is 16.6. The Labute approximate surface area is 455 Å². The van der Waals surface area contributed by atoms with Gasteiger partial charge in [-0.2, -0.15) is 0 Å². The highest BCUT2D eigenvalue weighted by Crippen LogP contribution is 2.18. The average Bonchev–Trinajstić information content (AvgIpc) is 3.39. The van der Waals surface area contributed by atoms with E-state index in [0.29, 0.717) is 19.3 Å². The first-order valence-corrected chi connectivity index (χ1v) is 32.8. The summed E-state index contributed by atoms with van der Waals surface area (Å²) in [6.45, 7) is 6.68. The molecule has 0 N–H and O–H groups in total. The molecular weight excluding hydrogens is 901 g/mol. The third kappa shape index (κ3) is 60.6. The summed E-state index contributed by atoms with van der Waals surface area (Å²) in [6, 6.07) is 0. The molecule has 1 unspecified atom stereocenters. The summed E-state index contributed by atoms with van der Waals surface area (Å²) in [5.74, 6) is -0.841. The fourth-order valence-corrected chi connectivity index (χ4v) is 10.0. The molecule has 6 heteroatoms. The van der Waals surface area contributed by atoms with E-state index in [1.165, 1.54) is 263 Å². The van der Waals surface area contributed by atoms with E-state index in [0.717, 1.165) is 64.2 Å². The van der Waals surface area contributed by atoms with Crippen LogP contribution in [0.15, 0.2) is 24.3 Å². The van der Waals surface area contributed by atoms with Crippen LogP contribution in [0.1, 0.15) is 367 Å². The smallest absolute Gasteiger partial charge is 0.306 e. The number of rotatable bonds is 61. The van der Waals surface area contributed by atoms with E-state index in [-0.39, 0.29) is 31.1 Å². The lowest BCUT2D eigenvalue weighted by molar-refractivity contribution is -0.167. The Morgan fingerprint density at radius 1 is 0.274 bits per heavy atom. The fourth-order valence-electron chi connectivity index (χ4n) is 10.0. The van der Waals surface area contributed by atoms with E-state index < -0.39 is 6.10 Å². The van der Waals surface area contributed by atoms with Gasteiger partial charge in [-0.1, -0.05) is 321 Å². The van der Waals surface area contributed by atoms with Crippen LogP contribution in [-0.4, -0.2) is 37.2 Å². The van der Waals surface area contributed by atoms with Gasteiger partial charge in [0.05, 0.1) is 0 Å². The largest absolute Gasteiger partial charge is 0.462 e. The van der Waals surface area contributed by atoms with Gasteiger partial charge in [-0.15, -0.1) is 0 Å². The highest BCUT2D eigenvalue weighted by molar-refractivity contribution is 5.71. The Morgan fingerprint density at radius 3 is 0.753 bits per heavy atom. The maximum absolute atomic E-state index is 12.9. The number of hydrogen-bond donors (Lipinski definition) is 0. The zero-order valence-electron chi connectivity index (χ0n) is 49.4. The predicted octanol–water partition coefficient (Wildman–Crippen LogP) is 22.2. The third-order valence-corrected chi connectivity index (χ3v) is 15.0. The van der Waals surface area contributed by atoms with Gasteiger partial charge in [0.25, 0.3) is 0 Å². The van der Waals surface area contributed by atoms with Gasteiger partial charge < -0.3 is 14.2 Å². The average molecular weight is 1030 g/mol. The van der Waals surface area contributed by atoms with Crippen LogP contribution >= 0.6 is 0 Å². The maximum Gasteiger partial charge on any atom is 0.306 e. The molecule has 430 valence electrons. The van der Waals surface area contributed by atoms with E-state index in [4.69, 9.17) is 14.2 Å². The highest BCUT2D eigenvalue weighted by Gasteiger charge is 2.19. The van der Waals surface area contributed by atoms with Crippen LogP contribution in [0.3, 0.4) is 0 Å². The summed E-state index contributed by atoms with van der Waals surface area (Å²) in [7, 11) is 0. The first-order valence-electron chi connectivity index (χ1n) is 32.8. The van der Waals surface area contributed by atoms with Crippen molar-refractivity contribution < 1.29 is 28.6 Å². The van der Waals surface area contributed by atoms with Crippen LogP contribution in [0.25, 0.3) is 0 Å². The maximum atomic E-state index is 12.9. The van der Waals surface area contributed by atoms with Gasteiger partial charge >= 0.3 is 17.9 Å². The number of carbonyl (C=O) groups excluding carboxylic acids is 3. The van der Waals surface area contributed by atoms with Gasteiger partial charge in [-0.3, -0.25) is 14.4 Å². The van der Waals surface area contributed by atoms with E-state index >= 15 is 0 Å². The zero-order valence-corrected chi connectivity index (χ0v) is 49.4. The molecule has 0 fully saturated rings. The van der Waals surface area contributed by atoms with Crippen LogP contribution in [0, 0.1) is 0 Å². The molecule has 0 aromatic heterocycles. The molecule has 0 aliphatic rings. The Bertz CT molecular complexity index is 1180. The van der Waals surface area contributed by atoms with Crippen molar-refractivity contribution in [1.82, 2.24) is 0 Å². The van der Waals surface area contributed by atoms with Crippen LogP contribution in [0.5, 0.6) is 0 Å². The van der Waals surface area contributed by atoms with Crippen molar-refractivity contribution in [1.29, 1.82) is 0 Å². The SMILES string of the molecule is CCCCCCC/C=C\C/C=C\CCCCCCCCCCCCCCCC(=O)OCC(COC(=O)CCCCCCCCCCC)OC(=O)CCCCCCCCCCCCCCCCCCCCCCC. The number of unbranched alkanes of at least 4 members (excludes halogenated alkanes) is 46. The topological polar surface area (TPSA) is 78.9 Å². The van der Waals surface area contributed by atoms with Crippen LogP contribution in [0.4, 0.5) is 0 Å². The van der Waals surface area contributed by atoms with Gasteiger partial charge in [-0.05, 0) is 51.4 Å². The summed E-state index contributed by atoms with van der Waals surface area (Å²) >= 11 is 0. The molecule has 73 heavy (non-hydrogen) atoms. The van der Waals surface area contributed by atoms with Gasteiger partial charge in [0.2, 0.25) is 0 Å². The monoisotopic (exact) mass is 1030 g/mol. The Hall–Kier alpha value is -2.11. The van der Waals surface area contributed by atoms with Crippen molar-refractivity contribution in [3.05, 3.63) is 24.3 Å². The fraction of sp³-hybridized carbons (Fsp3) is 0.896. The van der Waals surface area contributed by atoms with Crippen molar-refractivity contribution in [3.63, 3.8) is 0 Å². The number of hydrogen-bond acceptors (Lipinski definition) is 6. The van der Waals surface area contributed by atoms with Crippen LogP contribution in [-0.2, 0) is 28.6 Å². The molecule has 0 radical (unpaired) electrons. The molecule has 0 heterocycles. The van der Waals surface area contributed by atoms with Gasteiger partial charge in [0, 0.05) is 19.3 Å². The van der Waals surface area contributed by atoms with E-state index in [9.17, 15) is 14.4 Å². The molecule has 1 atom stereocenters. The number of carbonyl (C=O) groups is 3. The number of esters is 3. The molecule has 0 spiro atoms. The second-order valence-corrected chi connectivity index (χ2v) is 22.4. The predicted molar refractivity (Wildman–Crippen MR) is 316 cm³/mol. The first kappa shape index (κ1) is 70.9. The van der Waals surface area contributed by atoms with Crippen molar-refractivity contribution in [3.8, 4) is 0 Å². The van der Waals surface area contributed by atoms with Crippen LogP contribution < -0.4 is 0 Å². The minimum absolute atomic E-state index is 0.0652. The molecule has 6 nitrogen and oxygen atoms in total. The Kier molecular flexibility index (Phi) is 60.6. The standard InChI is InChI=1S/C67H126O6/c1-4-7-10-13-16-19-21-23-25-27-29-31-32-33-34-36-37-39-41-43-45-48-51-54-57-60-66(69)72-63-64(62-71-65(68)59-56-53-50-47-18-15-12-9-6-3)73-67(70)61-58-55-52-49-46-44-42-40-38-35-30-28-26-24-22-20-17-14-11-8-5-2/h21,23,27,29,64H,4-20,22,24-26,28,30-63H2,1-3H3/b23-21-,29-27-. The van der Waals surface area contributed by atoms with Gasteiger partial charge in [0.15, 0.2) is 6.10 Å². The Balaban J connectivity index is 4.14. The second-order valence-electron chi connectivity index (χ2n) is 22.4. The second kappa shape index (κ2) is 62.4. The van der Waals surface area contributed by atoms with Crippen molar-refractivity contribution in [2.45, 2.75) is 374 Å². The van der Waals surface area contributed by atoms with E-state index in [1.807, 2.05) is 0 Å². The molecule has 0 amide bonds. The Morgan fingerprint density at radius 2 is 0.493 bits per heavy atom. The number of allylic oxidation sites excluding steroid dienone is 4. The van der Waals surface area contributed by atoms with E-state index in [1.54, 1.807) is 0 Å². The molecule has 0 rings (SSSR count). The lowest BCUT2D eigenvalue weighted by atomic mass is 10.0. The summed E-state index contributed by atoms with van der Waals surface area (Å²) < 4.78 is 16.9. The number of ether oxygens (including phenoxy) is 3. The van der Waals surface area contributed by atoms with Gasteiger partial charge in [0.1, 0.15) is 13.2 Å². The quantitative estimate of drug-likeness (QED) is 0.0261. The molecule has 0 aliphatic carbocycles. The van der Waals surface area contributed by atoms with Crippen molar-refractivity contribution in [2.75, 3.05) is 13.2 Å². The van der Waals surface area contributed by atoms with Crippen molar-refractivity contribution in [2.24, 2.45) is 0 Å². The summed E-state index contributed by atoms with van der Waals surface area (Å²) in [6.07, 6.45) is 74.9. The normalized spacial score (nSPS) is 12.1. The molecule has 0 saturated carbocycles. The third-order valence-electron chi connectivity index (χ3n) is 15.0. The van der Waals surface area contributed by atoms with Gasteiger partial charge in [-0.25, -0.2) is 0 Å². The molecule has 0 aromatic carbocycles. The minimum atomic E-state index is -0.766. The summed E-state index contributed by atoms with van der Waals surface area (Å²) in [5.41, 5.74) is 0. The van der Waals surface area contributed by atoms with E-state index in [2.05, 4.69) is 45.1 Å². The lowest BCUT2D eigenvalue weighted by Gasteiger charge is -2.18. The molecular formula is C67H126O6. The van der Waals surface area contributed by atoms with Crippen LogP contribution in [0.2, 0.25) is 0 Å². The molecule has 0 aliphatic heterocycles. The first-order chi connectivity index (χ1) is 36.0. The summed E-state index contributed by atoms with van der Waals surface area (Å²) in [5, 5.41) is 0.